The molecule has 3 aromatic rings. The minimum absolute atomic E-state index is 0.138. The van der Waals surface area contributed by atoms with Gasteiger partial charge in [-0.3, -0.25) is 14.5 Å². The summed E-state index contributed by atoms with van der Waals surface area (Å²) in [7, 11) is 1.49. The van der Waals surface area contributed by atoms with Crippen LogP contribution in [-0.4, -0.2) is 29.0 Å². The van der Waals surface area contributed by atoms with Crippen molar-refractivity contribution in [2.45, 2.75) is 6.04 Å². The number of nitrogens with zero attached hydrogens (tertiary/aromatic N) is 1. The molecule has 29 heavy (non-hydrogen) atoms. The van der Waals surface area contributed by atoms with Gasteiger partial charge in [0, 0.05) is 5.56 Å². The number of hydrogen-bond acceptors (Lipinski definition) is 6. The average molecular weight is 391 g/mol. The summed E-state index contributed by atoms with van der Waals surface area (Å²) in [6.45, 7) is 0. The highest BCUT2D eigenvalue weighted by molar-refractivity contribution is 6.51. The van der Waals surface area contributed by atoms with Gasteiger partial charge in [0.15, 0.2) is 0 Å². The van der Waals surface area contributed by atoms with Crippen molar-refractivity contribution in [2.75, 3.05) is 12.0 Å². The van der Waals surface area contributed by atoms with Crippen LogP contribution in [-0.2, 0) is 9.59 Å². The lowest BCUT2D eigenvalue weighted by atomic mass is 9.99. The molecule has 0 aliphatic carbocycles. The first kappa shape index (κ1) is 18.4. The van der Waals surface area contributed by atoms with Gasteiger partial charge in [0.2, 0.25) is 0 Å². The largest absolute Gasteiger partial charge is 0.507 e. The van der Waals surface area contributed by atoms with Crippen LogP contribution in [0.3, 0.4) is 0 Å². The smallest absolute Gasteiger partial charge is 0.300 e. The summed E-state index contributed by atoms with van der Waals surface area (Å²) >= 11 is 0. The molecule has 0 bridgehead atoms. The van der Waals surface area contributed by atoms with E-state index in [0.29, 0.717) is 11.3 Å². The number of hydrogen-bond donors (Lipinski definition) is 2. The first-order valence-corrected chi connectivity index (χ1v) is 8.79. The number of benzene rings is 2. The van der Waals surface area contributed by atoms with Crippen LogP contribution < -0.4 is 9.64 Å². The van der Waals surface area contributed by atoms with Crippen molar-refractivity contribution in [1.29, 1.82) is 0 Å². The van der Waals surface area contributed by atoms with Crippen molar-refractivity contribution in [3.63, 3.8) is 0 Å². The molecule has 1 aliphatic rings. The molecule has 0 saturated carbocycles. The molecule has 2 heterocycles. The number of rotatable bonds is 4. The molecule has 2 N–H and O–H groups in total. The minimum Gasteiger partial charge on any atom is -0.507 e. The monoisotopic (exact) mass is 391 g/mol. The Morgan fingerprint density at radius 3 is 2.55 bits per heavy atom. The van der Waals surface area contributed by atoms with Crippen molar-refractivity contribution >= 4 is 23.1 Å². The number of carbonyl (C=O) groups excluding carboxylic acids is 2. The Hall–Kier alpha value is -4.00. The number of furan rings is 1. The Bertz CT molecular complexity index is 1120. The fourth-order valence-electron chi connectivity index (χ4n) is 3.39. The van der Waals surface area contributed by atoms with Gasteiger partial charge in [-0.15, -0.1) is 0 Å². The fourth-order valence-corrected chi connectivity index (χ4v) is 3.39. The fraction of sp³-hybridized carbons (Fsp3) is 0.0909. The molecule has 2 aromatic carbocycles. The quantitative estimate of drug-likeness (QED) is 0.400. The van der Waals surface area contributed by atoms with Crippen LogP contribution in [0.25, 0.3) is 5.76 Å². The van der Waals surface area contributed by atoms with Crippen LogP contribution in [0.15, 0.2) is 76.9 Å². The van der Waals surface area contributed by atoms with E-state index < -0.39 is 17.7 Å². The highest BCUT2D eigenvalue weighted by atomic mass is 16.5. The number of carbonyl (C=O) groups is 2. The maximum absolute atomic E-state index is 12.9. The minimum atomic E-state index is -1.04. The highest BCUT2D eigenvalue weighted by Crippen LogP contribution is 2.44. The van der Waals surface area contributed by atoms with Crippen LogP contribution in [0.2, 0.25) is 0 Å². The number of amides is 1. The first-order valence-electron chi connectivity index (χ1n) is 8.79. The number of aromatic hydroxyl groups is 1. The lowest BCUT2D eigenvalue weighted by molar-refractivity contribution is -0.132. The number of para-hydroxylation sites is 2. The molecular weight excluding hydrogens is 374 g/mol. The number of aliphatic hydroxyl groups is 1. The van der Waals surface area contributed by atoms with Crippen LogP contribution >= 0.6 is 0 Å². The zero-order valence-corrected chi connectivity index (χ0v) is 15.4. The summed E-state index contributed by atoms with van der Waals surface area (Å²) in [5.74, 6) is -1.53. The molecule has 146 valence electrons. The van der Waals surface area contributed by atoms with Crippen molar-refractivity contribution in [1.82, 2.24) is 0 Å². The molecule has 1 amide bonds. The van der Waals surface area contributed by atoms with Gasteiger partial charge in [-0.2, -0.15) is 0 Å². The van der Waals surface area contributed by atoms with E-state index in [1.54, 1.807) is 48.5 Å². The second kappa shape index (κ2) is 7.20. The van der Waals surface area contributed by atoms with Gasteiger partial charge in [0.05, 0.1) is 24.6 Å². The van der Waals surface area contributed by atoms with E-state index in [0.717, 1.165) is 4.90 Å². The third-order valence-electron chi connectivity index (χ3n) is 4.74. The van der Waals surface area contributed by atoms with Crippen LogP contribution in [0.1, 0.15) is 17.4 Å². The lowest BCUT2D eigenvalue weighted by Crippen LogP contribution is -2.29. The average Bonchev–Trinajstić information content (AvgIpc) is 3.35. The maximum Gasteiger partial charge on any atom is 0.300 e. The molecule has 1 saturated heterocycles. The maximum atomic E-state index is 12.9. The Morgan fingerprint density at radius 2 is 1.86 bits per heavy atom. The molecule has 0 spiro atoms. The number of aliphatic hydroxyl groups excluding tert-OH is 1. The van der Waals surface area contributed by atoms with Crippen LogP contribution in [0.4, 0.5) is 5.69 Å². The molecule has 7 nitrogen and oxygen atoms in total. The number of ketones is 1. The summed E-state index contributed by atoms with van der Waals surface area (Å²) in [6.07, 6.45) is 1.41. The number of phenolic OH excluding ortho intramolecular Hbond substituents is 1. The molecular formula is C22H17NO6. The highest BCUT2D eigenvalue weighted by Gasteiger charge is 2.49. The zero-order chi connectivity index (χ0) is 20.5. The van der Waals surface area contributed by atoms with Gasteiger partial charge >= 0.3 is 0 Å². The zero-order valence-electron chi connectivity index (χ0n) is 15.4. The Balaban J connectivity index is 1.94. The third-order valence-corrected chi connectivity index (χ3v) is 4.74. The molecule has 1 unspecified atom stereocenters. The Labute approximate surface area is 166 Å². The SMILES string of the molecule is COc1cccc(/C(O)=C2/C(=O)C(=O)N(c3ccccc3O)C2c2ccco2)c1. The summed E-state index contributed by atoms with van der Waals surface area (Å²) in [5, 5.41) is 21.2. The molecule has 1 aromatic heterocycles. The normalized spacial score (nSPS) is 18.2. The van der Waals surface area contributed by atoms with E-state index in [1.165, 1.54) is 25.5 Å². The van der Waals surface area contributed by atoms with E-state index in [9.17, 15) is 19.8 Å². The van der Waals surface area contributed by atoms with Gasteiger partial charge in [-0.25, -0.2) is 0 Å². The predicted molar refractivity (Wildman–Crippen MR) is 105 cm³/mol. The number of ether oxygens (including phenoxy) is 1. The van der Waals surface area contributed by atoms with Gasteiger partial charge in [-0.05, 0) is 36.4 Å². The number of Topliss-reactive ketones (excluding diaryl/α,β-unsaturated/α-hetero) is 1. The van der Waals surface area contributed by atoms with Crippen molar-refractivity contribution < 1.29 is 29.0 Å². The molecule has 7 heteroatoms. The first-order chi connectivity index (χ1) is 14.0. The van der Waals surface area contributed by atoms with Crippen LogP contribution in [0, 0.1) is 0 Å². The Morgan fingerprint density at radius 1 is 1.07 bits per heavy atom. The lowest BCUT2D eigenvalue weighted by Gasteiger charge is -2.24. The number of anilines is 1. The van der Waals surface area contributed by atoms with Crippen molar-refractivity contribution in [2.24, 2.45) is 0 Å². The molecule has 1 fully saturated rings. The third kappa shape index (κ3) is 3.02. The molecule has 0 radical (unpaired) electrons. The number of methoxy groups -OCH3 is 1. The second-order valence-corrected chi connectivity index (χ2v) is 6.41. The van der Waals surface area contributed by atoms with Gasteiger partial charge in [0.25, 0.3) is 11.7 Å². The van der Waals surface area contributed by atoms with E-state index in [1.807, 2.05) is 0 Å². The summed E-state index contributed by atoms with van der Waals surface area (Å²) in [4.78, 5) is 26.9. The molecule has 4 rings (SSSR count). The van der Waals surface area contributed by atoms with Gasteiger partial charge in [0.1, 0.15) is 29.1 Å². The summed E-state index contributed by atoms with van der Waals surface area (Å²) < 4.78 is 10.6. The van der Waals surface area contributed by atoms with Crippen LogP contribution in [0.5, 0.6) is 11.5 Å². The van der Waals surface area contributed by atoms with Gasteiger partial charge in [-0.1, -0.05) is 24.3 Å². The summed E-state index contributed by atoms with van der Waals surface area (Å²) in [6, 6.07) is 14.9. The topological polar surface area (TPSA) is 100 Å². The standard InChI is InChI=1S/C22H17NO6/c1-28-14-7-4-6-13(12-14)20(25)18-19(17-10-5-11-29-17)23(22(27)21(18)26)15-8-2-3-9-16(15)24/h2-12,19,24-25H,1H3/b20-18-. The van der Waals surface area contributed by atoms with Crippen molar-refractivity contribution in [3.8, 4) is 11.5 Å². The second-order valence-electron chi connectivity index (χ2n) is 6.41. The van der Waals surface area contributed by atoms with E-state index in [4.69, 9.17) is 9.15 Å². The van der Waals surface area contributed by atoms with E-state index in [-0.39, 0.29) is 28.5 Å². The van der Waals surface area contributed by atoms with E-state index >= 15 is 0 Å². The summed E-state index contributed by atoms with van der Waals surface area (Å²) in [5.41, 5.74) is 0.318. The predicted octanol–water partition coefficient (Wildman–Crippen LogP) is 3.62. The van der Waals surface area contributed by atoms with E-state index in [2.05, 4.69) is 0 Å². The van der Waals surface area contributed by atoms with Crippen molar-refractivity contribution in [3.05, 3.63) is 83.8 Å². The molecule has 1 aliphatic heterocycles. The molecule has 1 atom stereocenters. The van der Waals surface area contributed by atoms with Gasteiger partial charge < -0.3 is 19.4 Å². The number of phenols is 1. The Kier molecular flexibility index (Phi) is 4.56.